The van der Waals surface area contributed by atoms with Crippen LogP contribution in [0.4, 0.5) is 0 Å². The molecule has 0 saturated heterocycles. The van der Waals surface area contributed by atoms with Crippen molar-refractivity contribution in [3.05, 3.63) is 53.3 Å². The van der Waals surface area contributed by atoms with Gasteiger partial charge in [0.05, 0.1) is 19.8 Å². The van der Waals surface area contributed by atoms with Gasteiger partial charge in [-0.1, -0.05) is 30.3 Å². The summed E-state index contributed by atoms with van der Waals surface area (Å²) in [7, 11) is 1.65. The van der Waals surface area contributed by atoms with Crippen LogP contribution in [0, 0.1) is 6.92 Å². The van der Waals surface area contributed by atoms with Crippen molar-refractivity contribution in [1.82, 2.24) is 19.8 Å². The van der Waals surface area contributed by atoms with Crippen LogP contribution in [-0.4, -0.2) is 33.0 Å². The molecule has 0 amide bonds. The third kappa shape index (κ3) is 2.73. The number of rotatable bonds is 5. The van der Waals surface area contributed by atoms with E-state index in [0.29, 0.717) is 18.4 Å². The first-order valence-electron chi connectivity index (χ1n) is 8.17. The van der Waals surface area contributed by atoms with E-state index >= 15 is 0 Å². The summed E-state index contributed by atoms with van der Waals surface area (Å²) in [6.45, 7) is 2.54. The fourth-order valence-corrected chi connectivity index (χ4v) is 3.13. The topological polar surface area (TPSA) is 61.5 Å². The van der Waals surface area contributed by atoms with Crippen molar-refractivity contribution in [2.75, 3.05) is 7.11 Å². The molecule has 0 bridgehead atoms. The standard InChI is InChI=1S/C18H20N4O2/c1-12-19-20-17-10-16(18(23-2)21-22(12)17)14-8-15(9-14)24-11-13-6-4-3-5-7-13/h3-7,10,14-15H,8-9,11H2,1-2H3. The summed E-state index contributed by atoms with van der Waals surface area (Å²) in [4.78, 5) is 0. The predicted molar refractivity (Wildman–Crippen MR) is 89.1 cm³/mol. The number of nitrogens with zero attached hydrogens (tertiary/aromatic N) is 4. The molecule has 3 aromatic rings. The molecular weight excluding hydrogens is 304 g/mol. The summed E-state index contributed by atoms with van der Waals surface area (Å²) in [5.41, 5.74) is 3.06. The molecule has 2 aromatic heterocycles. The van der Waals surface area contributed by atoms with Crippen LogP contribution in [0.3, 0.4) is 0 Å². The highest BCUT2D eigenvalue weighted by molar-refractivity contribution is 5.45. The van der Waals surface area contributed by atoms with Crippen LogP contribution < -0.4 is 4.74 Å². The van der Waals surface area contributed by atoms with Crippen molar-refractivity contribution in [3.8, 4) is 5.88 Å². The lowest BCUT2D eigenvalue weighted by molar-refractivity contribution is -0.0211. The van der Waals surface area contributed by atoms with Gasteiger partial charge in [0, 0.05) is 5.56 Å². The van der Waals surface area contributed by atoms with Crippen molar-refractivity contribution in [3.63, 3.8) is 0 Å². The minimum Gasteiger partial charge on any atom is -0.480 e. The third-order valence-electron chi connectivity index (χ3n) is 4.60. The first-order valence-corrected chi connectivity index (χ1v) is 8.17. The van der Waals surface area contributed by atoms with E-state index in [1.807, 2.05) is 31.2 Å². The van der Waals surface area contributed by atoms with E-state index in [1.54, 1.807) is 11.6 Å². The smallest absolute Gasteiger partial charge is 0.235 e. The summed E-state index contributed by atoms with van der Waals surface area (Å²) in [5, 5.41) is 12.7. The Hall–Kier alpha value is -2.47. The van der Waals surface area contributed by atoms with Crippen molar-refractivity contribution in [2.45, 2.75) is 38.4 Å². The van der Waals surface area contributed by atoms with Gasteiger partial charge < -0.3 is 9.47 Å². The minimum atomic E-state index is 0.288. The van der Waals surface area contributed by atoms with Gasteiger partial charge in [0.25, 0.3) is 0 Å². The van der Waals surface area contributed by atoms with E-state index in [0.717, 1.165) is 29.9 Å². The molecule has 6 heteroatoms. The van der Waals surface area contributed by atoms with E-state index in [-0.39, 0.29) is 6.10 Å². The molecule has 1 aliphatic rings. The van der Waals surface area contributed by atoms with Crippen molar-refractivity contribution < 1.29 is 9.47 Å². The summed E-state index contributed by atoms with van der Waals surface area (Å²) in [6.07, 6.45) is 2.25. The van der Waals surface area contributed by atoms with Gasteiger partial charge in [0.2, 0.25) is 5.88 Å². The minimum absolute atomic E-state index is 0.288. The Morgan fingerprint density at radius 1 is 1.17 bits per heavy atom. The number of hydrogen-bond donors (Lipinski definition) is 0. The largest absolute Gasteiger partial charge is 0.480 e. The molecule has 0 atom stereocenters. The van der Waals surface area contributed by atoms with Gasteiger partial charge in [-0.15, -0.1) is 15.3 Å². The second-order valence-electron chi connectivity index (χ2n) is 6.21. The molecule has 1 aromatic carbocycles. The molecule has 0 radical (unpaired) electrons. The molecule has 0 N–H and O–H groups in total. The first kappa shape index (κ1) is 15.1. The predicted octanol–water partition coefficient (Wildman–Crippen LogP) is 2.90. The zero-order chi connectivity index (χ0) is 16.5. The van der Waals surface area contributed by atoms with E-state index < -0.39 is 0 Å². The van der Waals surface area contributed by atoms with Gasteiger partial charge in [-0.3, -0.25) is 0 Å². The van der Waals surface area contributed by atoms with E-state index in [4.69, 9.17) is 9.47 Å². The van der Waals surface area contributed by atoms with Gasteiger partial charge in [-0.05, 0) is 37.3 Å². The summed E-state index contributed by atoms with van der Waals surface area (Å²) in [6, 6.07) is 12.3. The SMILES string of the molecule is COc1nn2c(C)nnc2cc1C1CC(OCc2ccccc2)C1. The maximum atomic E-state index is 5.99. The fourth-order valence-electron chi connectivity index (χ4n) is 3.13. The molecule has 0 aliphatic heterocycles. The van der Waals surface area contributed by atoms with Gasteiger partial charge in [0.15, 0.2) is 11.5 Å². The molecule has 4 rings (SSSR count). The highest BCUT2D eigenvalue weighted by Crippen LogP contribution is 2.42. The fraction of sp³-hybridized carbons (Fsp3) is 0.389. The van der Waals surface area contributed by atoms with Crippen molar-refractivity contribution >= 4 is 5.65 Å². The molecule has 6 nitrogen and oxygen atoms in total. The Labute approximate surface area is 140 Å². The van der Waals surface area contributed by atoms with Crippen LogP contribution in [0.5, 0.6) is 5.88 Å². The van der Waals surface area contributed by atoms with Crippen LogP contribution in [0.25, 0.3) is 5.65 Å². The number of aromatic nitrogens is 4. The summed E-state index contributed by atoms with van der Waals surface area (Å²) >= 11 is 0. The highest BCUT2D eigenvalue weighted by Gasteiger charge is 2.34. The number of benzene rings is 1. The maximum absolute atomic E-state index is 5.99. The molecule has 2 heterocycles. The lowest BCUT2D eigenvalue weighted by atomic mass is 9.78. The van der Waals surface area contributed by atoms with Gasteiger partial charge in [0.1, 0.15) is 0 Å². The molecule has 1 fully saturated rings. The van der Waals surface area contributed by atoms with Crippen molar-refractivity contribution in [2.24, 2.45) is 0 Å². The zero-order valence-corrected chi connectivity index (χ0v) is 13.8. The number of aryl methyl sites for hydroxylation is 1. The van der Waals surface area contributed by atoms with Crippen molar-refractivity contribution in [1.29, 1.82) is 0 Å². The van der Waals surface area contributed by atoms with Gasteiger partial charge >= 0.3 is 0 Å². The van der Waals surface area contributed by atoms with Crippen LogP contribution >= 0.6 is 0 Å². The monoisotopic (exact) mass is 324 g/mol. The molecule has 24 heavy (non-hydrogen) atoms. The van der Waals surface area contributed by atoms with E-state index in [2.05, 4.69) is 27.4 Å². The number of hydrogen-bond acceptors (Lipinski definition) is 5. The maximum Gasteiger partial charge on any atom is 0.235 e. The normalized spacial score (nSPS) is 20.1. The van der Waals surface area contributed by atoms with Crippen LogP contribution in [0.2, 0.25) is 0 Å². The Kier molecular flexibility index (Phi) is 3.90. The molecular formula is C18H20N4O2. The van der Waals surface area contributed by atoms with Crippen LogP contribution in [0.15, 0.2) is 36.4 Å². The lowest BCUT2D eigenvalue weighted by Gasteiger charge is -2.35. The molecule has 0 unspecified atom stereocenters. The number of methoxy groups -OCH3 is 1. The second-order valence-corrected chi connectivity index (χ2v) is 6.21. The Morgan fingerprint density at radius 3 is 2.71 bits per heavy atom. The molecule has 1 saturated carbocycles. The lowest BCUT2D eigenvalue weighted by Crippen LogP contribution is -2.30. The first-order chi connectivity index (χ1) is 11.7. The Morgan fingerprint density at radius 2 is 1.96 bits per heavy atom. The third-order valence-corrected chi connectivity index (χ3v) is 4.60. The summed E-state index contributed by atoms with van der Waals surface area (Å²) in [5.74, 6) is 1.81. The molecule has 124 valence electrons. The highest BCUT2D eigenvalue weighted by atomic mass is 16.5. The van der Waals surface area contributed by atoms with Gasteiger partial charge in [-0.2, -0.15) is 4.52 Å². The average Bonchev–Trinajstić information content (AvgIpc) is 2.94. The van der Waals surface area contributed by atoms with Gasteiger partial charge in [-0.25, -0.2) is 0 Å². The number of fused-ring (bicyclic) bond motifs is 1. The Bertz CT molecular complexity index is 841. The van der Waals surface area contributed by atoms with Crippen LogP contribution in [-0.2, 0) is 11.3 Å². The average molecular weight is 324 g/mol. The zero-order valence-electron chi connectivity index (χ0n) is 13.8. The number of ether oxygens (including phenoxy) is 2. The molecule has 1 aliphatic carbocycles. The quantitative estimate of drug-likeness (QED) is 0.722. The molecule has 0 spiro atoms. The van der Waals surface area contributed by atoms with Crippen LogP contribution in [0.1, 0.15) is 35.7 Å². The Balaban J connectivity index is 1.43. The second kappa shape index (κ2) is 6.20. The van der Waals surface area contributed by atoms with E-state index in [9.17, 15) is 0 Å². The van der Waals surface area contributed by atoms with E-state index in [1.165, 1.54) is 5.56 Å². The summed E-state index contributed by atoms with van der Waals surface area (Å²) < 4.78 is 13.2.